The first kappa shape index (κ1) is 16.4. The number of rotatable bonds is 2. The number of aryl methyl sites for hydroxylation is 2. The van der Waals surface area contributed by atoms with Gasteiger partial charge in [-0.1, -0.05) is 30.3 Å². The Balaban J connectivity index is 0.000000492. The molecule has 2 aromatic rings. The van der Waals surface area contributed by atoms with Crippen molar-refractivity contribution >= 4 is 40.0 Å². The Morgan fingerprint density at radius 2 is 1.50 bits per heavy atom. The van der Waals surface area contributed by atoms with Crippen LogP contribution in [0.3, 0.4) is 0 Å². The van der Waals surface area contributed by atoms with Crippen LogP contribution in [0.25, 0.3) is 0 Å². The summed E-state index contributed by atoms with van der Waals surface area (Å²) in [5, 5.41) is 0. The van der Waals surface area contributed by atoms with Crippen LogP contribution in [0.1, 0.15) is 22.8 Å². The van der Waals surface area contributed by atoms with Gasteiger partial charge in [0.05, 0.1) is 0 Å². The van der Waals surface area contributed by atoms with E-state index in [4.69, 9.17) is 0 Å². The van der Waals surface area contributed by atoms with Crippen molar-refractivity contribution < 1.29 is 9.47 Å². The van der Waals surface area contributed by atoms with Gasteiger partial charge in [-0.25, -0.2) is 9.97 Å². The summed E-state index contributed by atoms with van der Waals surface area (Å²) in [6, 6.07) is 12.3. The molecule has 0 N–H and O–H groups in total. The zero-order valence-corrected chi connectivity index (χ0v) is 16.0. The van der Waals surface area contributed by atoms with Gasteiger partial charge in [0.15, 0.2) is 0 Å². The molecule has 1 heterocycles. The Hall–Kier alpha value is 0.344. The molecule has 0 aliphatic heterocycles. The van der Waals surface area contributed by atoms with E-state index in [1.54, 1.807) is 0 Å². The summed E-state index contributed by atoms with van der Waals surface area (Å²) in [7, 11) is 0.628. The molecule has 0 radical (unpaired) electrons. The molecule has 0 saturated carbocycles. The third kappa shape index (κ3) is 6.49. The fourth-order valence-corrected chi connectivity index (χ4v) is 1.66. The van der Waals surface area contributed by atoms with E-state index in [0.717, 1.165) is 23.6 Å². The van der Waals surface area contributed by atoms with E-state index in [0.29, 0.717) is 9.47 Å². The van der Waals surface area contributed by atoms with E-state index >= 15 is 0 Å². The molecule has 1 aromatic heterocycles. The molecule has 0 spiro atoms. The Labute approximate surface area is 137 Å². The topological polar surface area (TPSA) is 25.8 Å². The van der Waals surface area contributed by atoms with Crippen molar-refractivity contribution in [1.29, 1.82) is 0 Å². The van der Waals surface area contributed by atoms with E-state index in [-0.39, 0.29) is 0 Å². The molecule has 0 fully saturated rings. The van der Waals surface area contributed by atoms with E-state index in [9.17, 15) is 0 Å². The molecule has 2 nitrogen and oxygen atoms in total. The van der Waals surface area contributed by atoms with Gasteiger partial charge in [0.25, 0.3) is 0 Å². The second-order valence-electron chi connectivity index (χ2n) is 3.79. The summed E-state index contributed by atoms with van der Waals surface area (Å²) in [6.45, 7) is 4.01. The predicted molar refractivity (Wildman–Crippen MR) is 88.8 cm³/mol. The Kier molecular flexibility index (Phi) is 8.45. The van der Waals surface area contributed by atoms with Gasteiger partial charge in [-0.15, -0.1) is 0 Å². The van der Waals surface area contributed by atoms with E-state index < -0.39 is 0 Å². The number of nitrogens with zero attached hydrogens (tertiary/aromatic N) is 2. The number of aromatic nitrogens is 2. The second kappa shape index (κ2) is 9.28. The van der Waals surface area contributed by atoms with Gasteiger partial charge >= 0.3 is 49.4 Å². The molecular formula is C13H14I2N2V. The van der Waals surface area contributed by atoms with Crippen molar-refractivity contribution in [3.05, 3.63) is 59.2 Å². The van der Waals surface area contributed by atoms with Crippen LogP contribution >= 0.6 is 40.0 Å². The van der Waals surface area contributed by atoms with E-state index in [2.05, 4.69) is 62.1 Å². The van der Waals surface area contributed by atoms with Gasteiger partial charge in [0.1, 0.15) is 5.82 Å². The van der Waals surface area contributed by atoms with Crippen LogP contribution in [-0.2, 0) is 15.9 Å². The zero-order chi connectivity index (χ0) is 13.4. The first-order chi connectivity index (χ1) is 8.65. The van der Waals surface area contributed by atoms with Crippen LogP contribution in [-0.4, -0.2) is 9.97 Å². The third-order valence-electron chi connectivity index (χ3n) is 2.23. The standard InChI is InChI=1S/C13H14N2.2HI.V/c1-10-8-11(2)15-13(14-10)9-12-6-4-3-5-7-12;;;/h3-8H,9H2,1-2H3;2*1H;/q;;;+2/p-2. The molecule has 0 unspecified atom stereocenters. The fraction of sp³-hybridized carbons (Fsp3) is 0.231. The predicted octanol–water partition coefficient (Wildman–Crippen LogP) is 4.45. The monoisotopic (exact) mass is 503 g/mol. The molecule has 95 valence electrons. The van der Waals surface area contributed by atoms with Crippen molar-refractivity contribution in [2.75, 3.05) is 0 Å². The molecule has 0 saturated heterocycles. The minimum atomic E-state index is 0.628. The first-order valence-corrected chi connectivity index (χ1v) is 14.4. The summed E-state index contributed by atoms with van der Waals surface area (Å²) < 4.78 is 0. The fourth-order valence-electron chi connectivity index (χ4n) is 1.66. The summed E-state index contributed by atoms with van der Waals surface area (Å²) >= 11 is 4.74. The normalized spacial score (nSPS) is 9.33. The van der Waals surface area contributed by atoms with Crippen LogP contribution in [0.4, 0.5) is 0 Å². The molecule has 0 aliphatic carbocycles. The SMILES string of the molecule is Cc1cc(C)nc(Cc2ccccc2)n1.[I][V][I]. The number of benzene rings is 1. The summed E-state index contributed by atoms with van der Waals surface area (Å²) in [5.74, 6) is 0.902. The number of hydrogen-bond acceptors (Lipinski definition) is 2. The maximum absolute atomic E-state index is 4.42. The summed E-state index contributed by atoms with van der Waals surface area (Å²) in [4.78, 5) is 8.84. The van der Waals surface area contributed by atoms with Crippen molar-refractivity contribution in [3.8, 4) is 0 Å². The minimum absolute atomic E-state index is 0.628. The number of hydrogen-bond donors (Lipinski definition) is 0. The Morgan fingerprint density at radius 1 is 1.00 bits per heavy atom. The van der Waals surface area contributed by atoms with Gasteiger partial charge in [-0.05, 0) is 25.5 Å². The molecule has 5 heteroatoms. The van der Waals surface area contributed by atoms with E-state index in [1.165, 1.54) is 5.56 Å². The van der Waals surface area contributed by atoms with Gasteiger partial charge < -0.3 is 0 Å². The maximum atomic E-state index is 4.42. The molecule has 0 atom stereocenters. The molecule has 0 amide bonds. The van der Waals surface area contributed by atoms with Gasteiger partial charge in [0, 0.05) is 17.8 Å². The summed E-state index contributed by atoms with van der Waals surface area (Å²) in [6.07, 6.45) is 0.809. The summed E-state index contributed by atoms with van der Waals surface area (Å²) in [5.41, 5.74) is 3.32. The molecule has 18 heavy (non-hydrogen) atoms. The quantitative estimate of drug-likeness (QED) is 0.567. The van der Waals surface area contributed by atoms with Crippen LogP contribution in [0.2, 0.25) is 0 Å². The van der Waals surface area contributed by atoms with Crippen molar-refractivity contribution in [2.45, 2.75) is 20.3 Å². The molecular weight excluding hydrogens is 489 g/mol. The Bertz CT molecular complexity index is 457. The van der Waals surface area contributed by atoms with Gasteiger partial charge in [0.2, 0.25) is 0 Å². The molecule has 0 aliphatic rings. The van der Waals surface area contributed by atoms with Crippen LogP contribution in [0.15, 0.2) is 36.4 Å². The van der Waals surface area contributed by atoms with E-state index in [1.807, 2.05) is 38.1 Å². The zero-order valence-electron chi connectivity index (χ0n) is 10.3. The molecule has 0 bridgehead atoms. The number of halogens is 2. The average Bonchev–Trinajstić information content (AvgIpc) is 2.29. The second-order valence-corrected chi connectivity index (χ2v) is 15.6. The molecule has 1 aromatic carbocycles. The van der Waals surface area contributed by atoms with Gasteiger partial charge in [-0.3, -0.25) is 0 Å². The van der Waals surface area contributed by atoms with Crippen molar-refractivity contribution in [1.82, 2.24) is 9.97 Å². The van der Waals surface area contributed by atoms with Crippen molar-refractivity contribution in [2.24, 2.45) is 0 Å². The van der Waals surface area contributed by atoms with Crippen LogP contribution in [0, 0.1) is 13.8 Å². The Morgan fingerprint density at radius 3 is 2.00 bits per heavy atom. The van der Waals surface area contributed by atoms with Crippen LogP contribution in [0.5, 0.6) is 0 Å². The van der Waals surface area contributed by atoms with Crippen molar-refractivity contribution in [3.63, 3.8) is 0 Å². The average molecular weight is 503 g/mol. The molecule has 2 rings (SSSR count). The van der Waals surface area contributed by atoms with Gasteiger partial charge in [-0.2, -0.15) is 0 Å². The van der Waals surface area contributed by atoms with Crippen LogP contribution < -0.4 is 0 Å². The first-order valence-electron chi connectivity index (χ1n) is 5.43. The third-order valence-corrected chi connectivity index (χ3v) is 2.23.